The fraction of sp³-hybridized carbons (Fsp3) is 0.600. The molecular weight excluding hydrogens is 298 g/mol. The normalized spacial score (nSPS) is 24.1. The zero-order valence-corrected chi connectivity index (χ0v) is 13.4. The largest absolute Gasteiger partial charge is 0.339 e. The summed E-state index contributed by atoms with van der Waals surface area (Å²) in [5, 5.41) is 13.3. The highest BCUT2D eigenvalue weighted by molar-refractivity contribution is 7.99. The number of amides is 1. The first-order chi connectivity index (χ1) is 10.7. The Morgan fingerprint density at radius 3 is 3.14 bits per heavy atom. The number of hydrogen-bond donors (Lipinski definition) is 0. The van der Waals surface area contributed by atoms with Crippen LogP contribution in [0.1, 0.15) is 31.5 Å². The Bertz CT molecular complexity index is 715. The van der Waals surface area contributed by atoms with Gasteiger partial charge in [-0.2, -0.15) is 9.61 Å². The van der Waals surface area contributed by atoms with E-state index in [4.69, 9.17) is 0 Å². The predicted molar refractivity (Wildman–Crippen MR) is 83.7 cm³/mol. The second kappa shape index (κ2) is 5.53. The zero-order valence-electron chi connectivity index (χ0n) is 12.6. The first-order valence-electron chi connectivity index (χ1n) is 7.82. The molecule has 6 nitrogen and oxygen atoms in total. The SMILES string of the molecule is Cc1nnc2ccc(SCC(=O)N3C[C@@H]4CCC[C@H]3C4)nn12. The maximum atomic E-state index is 12.5. The smallest absolute Gasteiger partial charge is 0.233 e. The third-order valence-electron chi connectivity index (χ3n) is 4.71. The molecule has 0 unspecified atom stereocenters. The van der Waals surface area contributed by atoms with Crippen molar-refractivity contribution in [1.29, 1.82) is 0 Å². The van der Waals surface area contributed by atoms with Gasteiger partial charge in [-0.3, -0.25) is 4.79 Å². The second-order valence-electron chi connectivity index (χ2n) is 6.21. The van der Waals surface area contributed by atoms with Crippen LogP contribution in [0.15, 0.2) is 17.2 Å². The molecule has 22 heavy (non-hydrogen) atoms. The maximum Gasteiger partial charge on any atom is 0.233 e. The van der Waals surface area contributed by atoms with Gasteiger partial charge in [-0.25, -0.2) is 0 Å². The molecule has 0 N–H and O–H groups in total. The van der Waals surface area contributed by atoms with Crippen molar-refractivity contribution in [3.05, 3.63) is 18.0 Å². The summed E-state index contributed by atoms with van der Waals surface area (Å²) in [5.41, 5.74) is 0.738. The van der Waals surface area contributed by atoms with Gasteiger partial charge in [0.15, 0.2) is 11.5 Å². The third-order valence-corrected chi connectivity index (χ3v) is 5.61. The molecule has 1 amide bonds. The molecule has 4 rings (SSSR count). The average molecular weight is 317 g/mol. The standard InChI is InChI=1S/C15H19N5OS/c1-10-16-17-13-5-6-14(18-20(10)13)22-9-15(21)19-8-11-3-2-4-12(19)7-11/h5-6,11-12H,2-4,7-9H2,1H3/t11-,12+/m1/s1. The van der Waals surface area contributed by atoms with E-state index < -0.39 is 0 Å². The van der Waals surface area contributed by atoms with Crippen molar-refractivity contribution < 1.29 is 4.79 Å². The zero-order chi connectivity index (χ0) is 15.1. The van der Waals surface area contributed by atoms with Crippen LogP contribution >= 0.6 is 11.8 Å². The summed E-state index contributed by atoms with van der Waals surface area (Å²) in [6.45, 7) is 2.83. The number of rotatable bonds is 3. The molecule has 2 bridgehead atoms. The molecule has 1 saturated heterocycles. The molecule has 1 saturated carbocycles. The van der Waals surface area contributed by atoms with Gasteiger partial charge in [-0.1, -0.05) is 18.2 Å². The lowest BCUT2D eigenvalue weighted by atomic mass is 9.90. The lowest BCUT2D eigenvalue weighted by Gasteiger charge is -2.24. The molecule has 0 spiro atoms. The van der Waals surface area contributed by atoms with Gasteiger partial charge >= 0.3 is 0 Å². The van der Waals surface area contributed by atoms with E-state index in [0.29, 0.717) is 11.8 Å². The Morgan fingerprint density at radius 1 is 1.36 bits per heavy atom. The van der Waals surface area contributed by atoms with Crippen molar-refractivity contribution in [1.82, 2.24) is 24.7 Å². The van der Waals surface area contributed by atoms with Gasteiger partial charge < -0.3 is 4.90 Å². The van der Waals surface area contributed by atoms with E-state index in [1.807, 2.05) is 19.1 Å². The number of aromatic nitrogens is 4. The second-order valence-corrected chi connectivity index (χ2v) is 7.21. The Morgan fingerprint density at radius 2 is 2.27 bits per heavy atom. The van der Waals surface area contributed by atoms with Crippen molar-refractivity contribution >= 4 is 23.3 Å². The van der Waals surface area contributed by atoms with Crippen LogP contribution in [0.3, 0.4) is 0 Å². The predicted octanol–water partition coefficient (Wildman–Crippen LogP) is 1.93. The number of nitrogens with zero attached hydrogens (tertiary/aromatic N) is 5. The number of thioether (sulfide) groups is 1. The Labute approximate surface area is 133 Å². The first-order valence-corrected chi connectivity index (χ1v) is 8.80. The van der Waals surface area contributed by atoms with Crippen LogP contribution < -0.4 is 0 Å². The van der Waals surface area contributed by atoms with E-state index in [2.05, 4.69) is 20.2 Å². The third kappa shape index (κ3) is 2.47. The maximum absolute atomic E-state index is 12.5. The highest BCUT2D eigenvalue weighted by Gasteiger charge is 2.37. The van der Waals surface area contributed by atoms with Gasteiger partial charge in [0.2, 0.25) is 5.91 Å². The van der Waals surface area contributed by atoms with Crippen molar-refractivity contribution in [2.24, 2.45) is 5.92 Å². The van der Waals surface area contributed by atoms with Crippen LogP contribution in [0.4, 0.5) is 0 Å². The van der Waals surface area contributed by atoms with Gasteiger partial charge in [0.05, 0.1) is 5.75 Å². The quantitative estimate of drug-likeness (QED) is 0.809. The number of carbonyl (C=O) groups is 1. The Balaban J connectivity index is 1.42. The minimum absolute atomic E-state index is 0.252. The average Bonchev–Trinajstić information content (AvgIpc) is 3.05. The summed E-state index contributed by atoms with van der Waals surface area (Å²) in [5.74, 6) is 2.21. The highest BCUT2D eigenvalue weighted by atomic mass is 32.2. The van der Waals surface area contributed by atoms with E-state index in [0.717, 1.165) is 29.0 Å². The van der Waals surface area contributed by atoms with Crippen LogP contribution in [0.5, 0.6) is 0 Å². The summed E-state index contributed by atoms with van der Waals surface area (Å²) in [6, 6.07) is 4.29. The van der Waals surface area contributed by atoms with Gasteiger partial charge in [0.1, 0.15) is 5.03 Å². The lowest BCUT2D eigenvalue weighted by molar-refractivity contribution is -0.129. The Hall–Kier alpha value is -1.63. The number of hydrogen-bond acceptors (Lipinski definition) is 5. The van der Waals surface area contributed by atoms with Crippen molar-refractivity contribution in [2.45, 2.75) is 43.7 Å². The van der Waals surface area contributed by atoms with Crippen molar-refractivity contribution in [3.8, 4) is 0 Å². The molecular formula is C15H19N5OS. The summed E-state index contributed by atoms with van der Waals surface area (Å²) >= 11 is 1.50. The molecule has 1 aliphatic heterocycles. The number of likely N-dealkylation sites (tertiary alicyclic amines) is 1. The number of aryl methyl sites for hydroxylation is 1. The minimum atomic E-state index is 0.252. The van der Waals surface area contributed by atoms with E-state index in [-0.39, 0.29) is 5.91 Å². The molecule has 1 aliphatic carbocycles. The van der Waals surface area contributed by atoms with Gasteiger partial charge in [0.25, 0.3) is 0 Å². The summed E-state index contributed by atoms with van der Waals surface area (Å²) in [7, 11) is 0. The van der Waals surface area contributed by atoms with Gasteiger partial charge in [-0.15, -0.1) is 10.2 Å². The minimum Gasteiger partial charge on any atom is -0.339 e. The molecule has 2 atom stereocenters. The van der Waals surface area contributed by atoms with Crippen molar-refractivity contribution in [3.63, 3.8) is 0 Å². The highest BCUT2D eigenvalue weighted by Crippen LogP contribution is 2.35. The monoisotopic (exact) mass is 317 g/mol. The first kappa shape index (κ1) is 14.0. The summed E-state index contributed by atoms with van der Waals surface area (Å²) in [6.07, 6.45) is 4.95. The molecule has 2 fully saturated rings. The van der Waals surface area contributed by atoms with E-state index in [1.165, 1.54) is 37.4 Å². The molecule has 7 heteroatoms. The topological polar surface area (TPSA) is 63.4 Å². The van der Waals surface area contributed by atoms with Crippen LogP contribution in [0.2, 0.25) is 0 Å². The van der Waals surface area contributed by atoms with Crippen LogP contribution in [0, 0.1) is 12.8 Å². The molecule has 2 aliphatic rings. The van der Waals surface area contributed by atoms with Crippen LogP contribution in [-0.2, 0) is 4.79 Å². The molecule has 0 radical (unpaired) electrons. The summed E-state index contributed by atoms with van der Waals surface area (Å²) < 4.78 is 1.72. The number of carbonyl (C=O) groups excluding carboxylic acids is 1. The van der Waals surface area contributed by atoms with Gasteiger partial charge in [-0.05, 0) is 44.2 Å². The lowest BCUT2D eigenvalue weighted by Crippen LogP contribution is -2.36. The van der Waals surface area contributed by atoms with E-state index in [9.17, 15) is 4.79 Å². The fourth-order valence-corrected chi connectivity index (χ4v) is 4.36. The van der Waals surface area contributed by atoms with Crippen LogP contribution in [0.25, 0.3) is 5.65 Å². The molecule has 2 aromatic rings. The van der Waals surface area contributed by atoms with Crippen molar-refractivity contribution in [2.75, 3.05) is 12.3 Å². The van der Waals surface area contributed by atoms with E-state index >= 15 is 0 Å². The van der Waals surface area contributed by atoms with Crippen LogP contribution in [-0.4, -0.2) is 49.0 Å². The molecule has 2 aromatic heterocycles. The Kier molecular flexibility index (Phi) is 3.52. The fourth-order valence-electron chi connectivity index (χ4n) is 3.62. The van der Waals surface area contributed by atoms with Gasteiger partial charge in [0, 0.05) is 12.6 Å². The summed E-state index contributed by atoms with van der Waals surface area (Å²) in [4.78, 5) is 14.6. The van der Waals surface area contributed by atoms with E-state index in [1.54, 1.807) is 4.52 Å². The number of fused-ring (bicyclic) bond motifs is 3. The molecule has 116 valence electrons. The molecule has 0 aromatic carbocycles. The molecule has 3 heterocycles.